The molecule has 0 spiro atoms. The van der Waals surface area contributed by atoms with Gasteiger partial charge in [0.15, 0.2) is 0 Å². The summed E-state index contributed by atoms with van der Waals surface area (Å²) in [5, 5.41) is 3.13. The molecule has 0 saturated carbocycles. The van der Waals surface area contributed by atoms with Gasteiger partial charge in [-0.2, -0.15) is 0 Å². The molecule has 0 bridgehead atoms. The van der Waals surface area contributed by atoms with Gasteiger partial charge in [0, 0.05) is 24.7 Å². The molecule has 0 aromatic heterocycles. The molecular formula is C10H15N3O. The standard InChI is InChI=1S/C10H15N3O/c11-7-9(6-10(12)14)13-8-4-2-1-3-5-8/h1-5,9,13H,6-7,11H2,(H2,12,14). The zero-order valence-corrected chi connectivity index (χ0v) is 7.94. The molecular weight excluding hydrogens is 178 g/mol. The second kappa shape index (κ2) is 5.24. The lowest BCUT2D eigenvalue weighted by Gasteiger charge is -2.16. The first-order valence-corrected chi connectivity index (χ1v) is 4.52. The monoisotopic (exact) mass is 193 g/mol. The number of nitrogens with one attached hydrogen (secondary N) is 1. The topological polar surface area (TPSA) is 81.1 Å². The summed E-state index contributed by atoms with van der Waals surface area (Å²) < 4.78 is 0. The van der Waals surface area contributed by atoms with Crippen molar-refractivity contribution in [2.24, 2.45) is 11.5 Å². The Morgan fingerprint density at radius 1 is 1.36 bits per heavy atom. The van der Waals surface area contributed by atoms with E-state index in [9.17, 15) is 4.79 Å². The van der Waals surface area contributed by atoms with Crippen LogP contribution in [0.1, 0.15) is 6.42 Å². The Balaban J connectivity index is 2.53. The summed E-state index contributed by atoms with van der Waals surface area (Å²) in [5.74, 6) is -0.344. The highest BCUT2D eigenvalue weighted by molar-refractivity contribution is 5.75. The first-order chi connectivity index (χ1) is 6.72. The molecule has 1 aromatic carbocycles. The summed E-state index contributed by atoms with van der Waals surface area (Å²) in [7, 11) is 0. The van der Waals surface area contributed by atoms with Crippen molar-refractivity contribution in [2.45, 2.75) is 12.5 Å². The molecule has 1 atom stereocenters. The molecule has 0 aliphatic carbocycles. The largest absolute Gasteiger partial charge is 0.381 e. The van der Waals surface area contributed by atoms with Crippen LogP contribution < -0.4 is 16.8 Å². The normalized spacial score (nSPS) is 12.1. The molecule has 1 amide bonds. The first kappa shape index (κ1) is 10.5. The molecule has 0 radical (unpaired) electrons. The number of rotatable bonds is 5. The lowest BCUT2D eigenvalue weighted by atomic mass is 10.2. The highest BCUT2D eigenvalue weighted by atomic mass is 16.1. The second-order valence-electron chi connectivity index (χ2n) is 3.11. The molecule has 4 heteroatoms. The maximum atomic E-state index is 10.7. The molecule has 0 heterocycles. The Bertz CT molecular complexity index is 287. The maximum Gasteiger partial charge on any atom is 0.219 e. The SMILES string of the molecule is NCC(CC(N)=O)Nc1ccccc1. The molecule has 76 valence electrons. The fourth-order valence-corrected chi connectivity index (χ4v) is 1.21. The van der Waals surface area contributed by atoms with Crippen LogP contribution in [0.25, 0.3) is 0 Å². The van der Waals surface area contributed by atoms with Gasteiger partial charge >= 0.3 is 0 Å². The van der Waals surface area contributed by atoms with Crippen molar-refractivity contribution in [3.8, 4) is 0 Å². The van der Waals surface area contributed by atoms with Crippen molar-refractivity contribution >= 4 is 11.6 Å². The van der Waals surface area contributed by atoms with Crippen LogP contribution >= 0.6 is 0 Å². The average molecular weight is 193 g/mol. The van der Waals surface area contributed by atoms with Crippen LogP contribution in [0.15, 0.2) is 30.3 Å². The van der Waals surface area contributed by atoms with Crippen molar-refractivity contribution in [2.75, 3.05) is 11.9 Å². The molecule has 5 N–H and O–H groups in total. The Hall–Kier alpha value is -1.55. The van der Waals surface area contributed by atoms with E-state index >= 15 is 0 Å². The van der Waals surface area contributed by atoms with E-state index < -0.39 is 0 Å². The number of primary amides is 1. The van der Waals surface area contributed by atoms with Crippen LogP contribution in [-0.2, 0) is 4.79 Å². The van der Waals surface area contributed by atoms with E-state index in [-0.39, 0.29) is 18.4 Å². The molecule has 0 fully saturated rings. The van der Waals surface area contributed by atoms with E-state index in [0.717, 1.165) is 5.69 Å². The average Bonchev–Trinajstić information content (AvgIpc) is 2.17. The molecule has 1 aromatic rings. The van der Waals surface area contributed by atoms with Gasteiger partial charge in [0.25, 0.3) is 0 Å². The highest BCUT2D eigenvalue weighted by Gasteiger charge is 2.08. The number of carbonyl (C=O) groups excluding carboxylic acids is 1. The number of carbonyl (C=O) groups is 1. The van der Waals surface area contributed by atoms with Gasteiger partial charge in [-0.25, -0.2) is 0 Å². The third kappa shape index (κ3) is 3.45. The van der Waals surface area contributed by atoms with Crippen molar-refractivity contribution in [1.29, 1.82) is 0 Å². The van der Waals surface area contributed by atoms with Crippen LogP contribution in [0, 0.1) is 0 Å². The fourth-order valence-electron chi connectivity index (χ4n) is 1.21. The number of hydrogen-bond acceptors (Lipinski definition) is 3. The third-order valence-electron chi connectivity index (χ3n) is 1.88. The number of para-hydroxylation sites is 1. The lowest BCUT2D eigenvalue weighted by molar-refractivity contribution is -0.118. The minimum Gasteiger partial charge on any atom is -0.381 e. The molecule has 14 heavy (non-hydrogen) atoms. The van der Waals surface area contributed by atoms with Gasteiger partial charge in [0.1, 0.15) is 0 Å². The first-order valence-electron chi connectivity index (χ1n) is 4.52. The van der Waals surface area contributed by atoms with Crippen molar-refractivity contribution in [3.05, 3.63) is 30.3 Å². The Labute approximate surface area is 83.3 Å². The summed E-state index contributed by atoms with van der Waals surface area (Å²) >= 11 is 0. The van der Waals surface area contributed by atoms with Crippen LogP contribution in [0.5, 0.6) is 0 Å². The number of hydrogen-bond donors (Lipinski definition) is 3. The van der Waals surface area contributed by atoms with E-state index in [4.69, 9.17) is 11.5 Å². The van der Waals surface area contributed by atoms with Crippen LogP contribution in [0.3, 0.4) is 0 Å². The summed E-state index contributed by atoms with van der Waals surface area (Å²) in [6.07, 6.45) is 0.255. The van der Waals surface area contributed by atoms with E-state index in [0.29, 0.717) is 6.54 Å². The zero-order valence-electron chi connectivity index (χ0n) is 7.94. The van der Waals surface area contributed by atoms with Gasteiger partial charge in [-0.05, 0) is 12.1 Å². The summed E-state index contributed by atoms with van der Waals surface area (Å²) in [4.78, 5) is 10.7. The number of nitrogens with two attached hydrogens (primary N) is 2. The molecule has 0 aliphatic rings. The summed E-state index contributed by atoms with van der Waals surface area (Å²) in [6.45, 7) is 0.387. The fraction of sp³-hybridized carbons (Fsp3) is 0.300. The Morgan fingerprint density at radius 2 is 2.00 bits per heavy atom. The van der Waals surface area contributed by atoms with Crippen LogP contribution in [0.2, 0.25) is 0 Å². The zero-order chi connectivity index (χ0) is 10.4. The molecule has 1 unspecified atom stereocenters. The van der Waals surface area contributed by atoms with Crippen molar-refractivity contribution in [3.63, 3.8) is 0 Å². The molecule has 0 aliphatic heterocycles. The van der Waals surface area contributed by atoms with Crippen LogP contribution in [0.4, 0.5) is 5.69 Å². The summed E-state index contributed by atoms with van der Waals surface area (Å²) in [5.41, 5.74) is 11.5. The van der Waals surface area contributed by atoms with Gasteiger partial charge in [-0.3, -0.25) is 4.79 Å². The smallest absolute Gasteiger partial charge is 0.219 e. The molecule has 0 saturated heterocycles. The Kier molecular flexibility index (Phi) is 3.94. The van der Waals surface area contributed by atoms with E-state index in [2.05, 4.69) is 5.32 Å². The number of benzene rings is 1. The van der Waals surface area contributed by atoms with Crippen molar-refractivity contribution in [1.82, 2.24) is 0 Å². The predicted molar refractivity (Wildman–Crippen MR) is 56.7 cm³/mol. The molecule has 1 rings (SSSR count). The highest BCUT2D eigenvalue weighted by Crippen LogP contribution is 2.07. The maximum absolute atomic E-state index is 10.7. The third-order valence-corrected chi connectivity index (χ3v) is 1.88. The van der Waals surface area contributed by atoms with Gasteiger partial charge < -0.3 is 16.8 Å². The van der Waals surface area contributed by atoms with Gasteiger partial charge in [-0.1, -0.05) is 18.2 Å². The summed E-state index contributed by atoms with van der Waals surface area (Å²) in [6, 6.07) is 9.51. The van der Waals surface area contributed by atoms with Gasteiger partial charge in [-0.15, -0.1) is 0 Å². The van der Waals surface area contributed by atoms with Crippen LogP contribution in [-0.4, -0.2) is 18.5 Å². The van der Waals surface area contributed by atoms with E-state index in [1.165, 1.54) is 0 Å². The predicted octanol–water partition coefficient (Wildman–Crippen LogP) is 0.301. The molecule has 4 nitrogen and oxygen atoms in total. The van der Waals surface area contributed by atoms with Crippen molar-refractivity contribution < 1.29 is 4.79 Å². The number of anilines is 1. The van der Waals surface area contributed by atoms with Gasteiger partial charge in [0.2, 0.25) is 5.91 Å². The Morgan fingerprint density at radius 3 is 2.50 bits per heavy atom. The second-order valence-corrected chi connectivity index (χ2v) is 3.11. The minimum atomic E-state index is -0.344. The van der Waals surface area contributed by atoms with E-state index in [1.54, 1.807) is 0 Å². The van der Waals surface area contributed by atoms with E-state index in [1.807, 2.05) is 30.3 Å². The quantitative estimate of drug-likeness (QED) is 0.629. The van der Waals surface area contributed by atoms with Gasteiger partial charge in [0.05, 0.1) is 0 Å². The number of amides is 1. The lowest BCUT2D eigenvalue weighted by Crippen LogP contribution is -2.33. The minimum absolute atomic E-state index is 0.0881.